The van der Waals surface area contributed by atoms with E-state index >= 15 is 0 Å². The second-order valence-corrected chi connectivity index (χ2v) is 2.71. The molecular weight excluding hydrogens is 152 g/mol. The van der Waals surface area contributed by atoms with E-state index in [1.807, 2.05) is 0 Å². The van der Waals surface area contributed by atoms with E-state index in [0.29, 0.717) is 0 Å². The van der Waals surface area contributed by atoms with Crippen molar-refractivity contribution >= 4 is 5.97 Å². The van der Waals surface area contributed by atoms with Gasteiger partial charge in [-0.15, -0.1) is 0 Å². The van der Waals surface area contributed by atoms with E-state index in [1.54, 1.807) is 0 Å². The molecule has 2 aliphatic rings. The summed E-state index contributed by atoms with van der Waals surface area (Å²) in [5.41, 5.74) is 0. The van der Waals surface area contributed by atoms with E-state index in [4.69, 9.17) is 19.7 Å². The fourth-order valence-electron chi connectivity index (χ4n) is 1.40. The van der Waals surface area contributed by atoms with Crippen LogP contribution in [0, 0.1) is 0 Å². The number of fused-ring (bicyclic) bond motifs is 1. The number of esters is 1. The van der Waals surface area contributed by atoms with Crippen molar-refractivity contribution in [3.05, 3.63) is 0 Å². The average Bonchev–Trinajstić information content (AvgIpc) is 2.37. The standard InChI is InChI=1S/C6H8O5/c7-3-1-2-5(11-3)4(8)6(9)10-2/h2-5,7-8H,1H2. The molecule has 0 saturated carbocycles. The van der Waals surface area contributed by atoms with Crippen LogP contribution in [0.15, 0.2) is 0 Å². The summed E-state index contributed by atoms with van der Waals surface area (Å²) in [5.74, 6) is -0.660. The Morgan fingerprint density at radius 3 is 2.82 bits per heavy atom. The first-order valence-corrected chi connectivity index (χ1v) is 3.40. The van der Waals surface area contributed by atoms with Crippen molar-refractivity contribution in [2.24, 2.45) is 0 Å². The number of ether oxygens (including phenoxy) is 2. The predicted molar refractivity (Wildman–Crippen MR) is 31.4 cm³/mol. The third-order valence-electron chi connectivity index (χ3n) is 1.93. The number of aliphatic hydroxyl groups excluding tert-OH is 2. The first-order valence-electron chi connectivity index (χ1n) is 3.40. The Morgan fingerprint density at radius 2 is 2.18 bits per heavy atom. The van der Waals surface area contributed by atoms with Crippen molar-refractivity contribution < 1.29 is 24.5 Å². The van der Waals surface area contributed by atoms with Gasteiger partial charge < -0.3 is 19.7 Å². The van der Waals surface area contributed by atoms with E-state index in [9.17, 15) is 4.79 Å². The molecule has 0 aromatic rings. The minimum Gasteiger partial charge on any atom is -0.457 e. The van der Waals surface area contributed by atoms with Gasteiger partial charge in [-0.1, -0.05) is 0 Å². The fourth-order valence-corrected chi connectivity index (χ4v) is 1.40. The Morgan fingerprint density at radius 1 is 1.45 bits per heavy atom. The molecule has 2 heterocycles. The molecule has 4 atom stereocenters. The van der Waals surface area contributed by atoms with Crippen molar-refractivity contribution in [2.45, 2.75) is 31.0 Å². The van der Waals surface area contributed by atoms with E-state index in [2.05, 4.69) is 0 Å². The molecule has 0 spiro atoms. The molecule has 0 aliphatic carbocycles. The summed E-state index contributed by atoms with van der Waals surface area (Å²) in [5, 5.41) is 18.0. The van der Waals surface area contributed by atoms with Gasteiger partial charge in [0.25, 0.3) is 0 Å². The SMILES string of the molecule is O=C1OC2CC(O)OC2C1O. The fraction of sp³-hybridized carbons (Fsp3) is 0.833. The normalized spacial score (nSPS) is 49.1. The monoisotopic (exact) mass is 160 g/mol. The molecule has 0 aromatic carbocycles. The quantitative estimate of drug-likeness (QED) is 0.416. The molecule has 2 fully saturated rings. The summed E-state index contributed by atoms with van der Waals surface area (Å²) >= 11 is 0. The van der Waals surface area contributed by atoms with Crippen LogP contribution in [-0.2, 0) is 14.3 Å². The molecule has 2 rings (SSSR count). The van der Waals surface area contributed by atoms with Crippen molar-refractivity contribution in [3.8, 4) is 0 Å². The lowest BCUT2D eigenvalue weighted by Gasteiger charge is -2.07. The second kappa shape index (κ2) is 2.17. The molecule has 2 N–H and O–H groups in total. The van der Waals surface area contributed by atoms with Crippen LogP contribution >= 0.6 is 0 Å². The number of rotatable bonds is 0. The van der Waals surface area contributed by atoms with Crippen LogP contribution in [0.1, 0.15) is 6.42 Å². The van der Waals surface area contributed by atoms with Gasteiger partial charge in [0, 0.05) is 6.42 Å². The van der Waals surface area contributed by atoms with Gasteiger partial charge in [0.05, 0.1) is 0 Å². The Bertz CT molecular complexity index is 191. The highest BCUT2D eigenvalue weighted by molar-refractivity contribution is 5.77. The van der Waals surface area contributed by atoms with Crippen LogP contribution in [0.2, 0.25) is 0 Å². The molecule has 11 heavy (non-hydrogen) atoms. The largest absolute Gasteiger partial charge is 0.457 e. The lowest BCUT2D eigenvalue weighted by atomic mass is 10.1. The Balaban J connectivity index is 2.13. The summed E-state index contributed by atoms with van der Waals surface area (Å²) in [6, 6.07) is 0. The predicted octanol–water partition coefficient (Wildman–Crippen LogP) is -1.62. The maximum Gasteiger partial charge on any atom is 0.338 e. The zero-order valence-electron chi connectivity index (χ0n) is 5.64. The zero-order chi connectivity index (χ0) is 8.01. The number of carbonyl (C=O) groups is 1. The van der Waals surface area contributed by atoms with E-state index in [-0.39, 0.29) is 6.42 Å². The van der Waals surface area contributed by atoms with Gasteiger partial charge >= 0.3 is 5.97 Å². The number of carbonyl (C=O) groups excluding carboxylic acids is 1. The van der Waals surface area contributed by atoms with E-state index in [1.165, 1.54) is 0 Å². The molecule has 0 amide bonds. The number of aliphatic hydroxyl groups is 2. The van der Waals surface area contributed by atoms with E-state index in [0.717, 1.165) is 0 Å². The van der Waals surface area contributed by atoms with Gasteiger partial charge in [-0.05, 0) is 0 Å². The van der Waals surface area contributed by atoms with Gasteiger partial charge in [-0.3, -0.25) is 0 Å². The lowest BCUT2D eigenvalue weighted by Crippen LogP contribution is -2.29. The summed E-state index contributed by atoms with van der Waals surface area (Å²) in [6.45, 7) is 0. The van der Waals surface area contributed by atoms with Gasteiger partial charge in [0.2, 0.25) is 0 Å². The highest BCUT2D eigenvalue weighted by atomic mass is 16.7. The minimum absolute atomic E-state index is 0.257. The van der Waals surface area contributed by atoms with Crippen molar-refractivity contribution in [3.63, 3.8) is 0 Å². The smallest absolute Gasteiger partial charge is 0.338 e. The molecule has 0 aromatic heterocycles. The first kappa shape index (κ1) is 7.02. The molecule has 5 heteroatoms. The number of hydrogen-bond acceptors (Lipinski definition) is 5. The molecule has 0 radical (unpaired) electrons. The highest BCUT2D eigenvalue weighted by Gasteiger charge is 2.50. The Labute approximate surface area is 62.5 Å². The maximum absolute atomic E-state index is 10.7. The van der Waals surface area contributed by atoms with E-state index < -0.39 is 30.6 Å². The second-order valence-electron chi connectivity index (χ2n) is 2.71. The summed E-state index contributed by atoms with van der Waals surface area (Å²) in [4.78, 5) is 10.7. The van der Waals surface area contributed by atoms with Crippen molar-refractivity contribution in [1.29, 1.82) is 0 Å². The van der Waals surface area contributed by atoms with Gasteiger partial charge in [0.15, 0.2) is 12.4 Å². The number of hydrogen-bond donors (Lipinski definition) is 2. The van der Waals surface area contributed by atoms with Gasteiger partial charge in [-0.2, -0.15) is 0 Å². The third-order valence-corrected chi connectivity index (χ3v) is 1.93. The van der Waals surface area contributed by atoms with Gasteiger partial charge in [0.1, 0.15) is 12.2 Å². The van der Waals surface area contributed by atoms with Crippen molar-refractivity contribution in [1.82, 2.24) is 0 Å². The van der Waals surface area contributed by atoms with Crippen LogP contribution in [0.5, 0.6) is 0 Å². The molecule has 2 aliphatic heterocycles. The van der Waals surface area contributed by atoms with Crippen molar-refractivity contribution in [2.75, 3.05) is 0 Å². The summed E-state index contributed by atoms with van der Waals surface area (Å²) in [7, 11) is 0. The van der Waals surface area contributed by atoms with Crippen LogP contribution in [0.3, 0.4) is 0 Å². The Hall–Kier alpha value is -0.650. The van der Waals surface area contributed by atoms with Crippen LogP contribution in [0.25, 0.3) is 0 Å². The molecule has 2 saturated heterocycles. The average molecular weight is 160 g/mol. The molecule has 5 nitrogen and oxygen atoms in total. The Kier molecular flexibility index (Phi) is 1.38. The lowest BCUT2D eigenvalue weighted by molar-refractivity contribution is -0.154. The zero-order valence-corrected chi connectivity index (χ0v) is 5.64. The van der Waals surface area contributed by atoms with Crippen LogP contribution in [-0.4, -0.2) is 40.8 Å². The van der Waals surface area contributed by atoms with Gasteiger partial charge in [-0.25, -0.2) is 4.79 Å². The minimum atomic E-state index is -1.22. The maximum atomic E-state index is 10.7. The molecule has 0 bridgehead atoms. The molecule has 62 valence electrons. The van der Waals surface area contributed by atoms with Crippen LogP contribution in [0.4, 0.5) is 0 Å². The van der Waals surface area contributed by atoms with Crippen LogP contribution < -0.4 is 0 Å². The summed E-state index contributed by atoms with van der Waals surface area (Å²) in [6.07, 6.45) is -3.01. The first-order chi connectivity index (χ1) is 5.18. The molecular formula is C6H8O5. The molecule has 4 unspecified atom stereocenters. The third kappa shape index (κ3) is 0.926. The summed E-state index contributed by atoms with van der Waals surface area (Å²) < 4.78 is 9.52. The topological polar surface area (TPSA) is 76.0 Å². The highest BCUT2D eigenvalue weighted by Crippen LogP contribution is 2.30.